The number of phosphoric ester groups is 1. The molecule has 0 fully saturated rings. The fourth-order valence-corrected chi connectivity index (χ4v) is 4.43. The first-order valence-electron chi connectivity index (χ1n) is 10.3. The van der Waals surface area contributed by atoms with E-state index in [4.69, 9.17) is 0 Å². The molecule has 0 bridgehead atoms. The van der Waals surface area contributed by atoms with Gasteiger partial charge in [-0.05, 0) is 58.3 Å². The summed E-state index contributed by atoms with van der Waals surface area (Å²) in [4.78, 5) is 31.8. The molecule has 1 unspecified atom stereocenters. The molecule has 0 aliphatic heterocycles. The van der Waals surface area contributed by atoms with Gasteiger partial charge in [0.25, 0.3) is 7.82 Å². The van der Waals surface area contributed by atoms with Crippen molar-refractivity contribution in [2.24, 2.45) is 11.8 Å². The highest BCUT2D eigenvalue weighted by molar-refractivity contribution is 7.58. The molecule has 29 heavy (non-hydrogen) atoms. The maximum Gasteiger partial charge on any atom is 0.272 e. The molecule has 0 aliphatic rings. The Morgan fingerprint density at radius 1 is 0.897 bits per heavy atom. The van der Waals surface area contributed by atoms with E-state index in [1.165, 1.54) is 31.3 Å². The number of hydrogen-bond acceptors (Lipinski definition) is 7. The first kappa shape index (κ1) is 28.7. The van der Waals surface area contributed by atoms with Crippen LogP contribution in [0.4, 0.5) is 0 Å². The zero-order chi connectivity index (χ0) is 22.5. The van der Waals surface area contributed by atoms with E-state index in [9.17, 15) is 23.8 Å². The van der Waals surface area contributed by atoms with Gasteiger partial charge in [-0.2, -0.15) is 0 Å². The van der Waals surface area contributed by atoms with Crippen LogP contribution in [0, 0.1) is 11.8 Å². The van der Waals surface area contributed by atoms with Gasteiger partial charge < -0.3 is 23.8 Å². The maximum atomic E-state index is 11.1. The quantitative estimate of drug-likeness (QED) is 0.248. The van der Waals surface area contributed by atoms with Crippen LogP contribution in [0.2, 0.25) is 0 Å². The Balaban J connectivity index is 3.93. The van der Waals surface area contributed by atoms with Gasteiger partial charge in [0.05, 0.1) is 14.4 Å². The van der Waals surface area contributed by atoms with Crippen LogP contribution in [0.15, 0.2) is 23.3 Å². The molecule has 0 aliphatic carbocycles. The lowest BCUT2D eigenvalue weighted by Gasteiger charge is -2.34. The second kappa shape index (κ2) is 14.7. The lowest BCUT2D eigenvalue weighted by Crippen LogP contribution is -2.19. The second-order valence-electron chi connectivity index (χ2n) is 8.21. The van der Waals surface area contributed by atoms with Crippen LogP contribution in [-0.2, 0) is 18.0 Å². The van der Waals surface area contributed by atoms with Crippen LogP contribution < -0.4 is 14.7 Å². The Morgan fingerprint density at radius 2 is 1.45 bits per heavy atom. The lowest BCUT2D eigenvalue weighted by molar-refractivity contribution is -0.339. The molecule has 9 heteroatoms. The molecule has 0 heterocycles. The third-order valence-electron chi connectivity index (χ3n) is 4.74. The van der Waals surface area contributed by atoms with E-state index in [2.05, 4.69) is 42.6 Å². The SMILES string of the molecule is CC(C)=CCC[C@@H](C)CCC[C@@H](C)CCC/C(C)=C/COP(=O)([O-])OP(=O)([O-])[O-]. The van der Waals surface area contributed by atoms with E-state index in [0.717, 1.165) is 37.2 Å². The minimum atomic E-state index is -5.63. The highest BCUT2D eigenvalue weighted by Gasteiger charge is 2.11. The largest absolute Gasteiger partial charge is 0.790 e. The third-order valence-corrected chi connectivity index (χ3v) is 6.80. The minimum absolute atomic E-state index is 0.354. The fraction of sp³-hybridized carbons (Fsp3) is 0.800. The van der Waals surface area contributed by atoms with Gasteiger partial charge in [-0.15, -0.1) is 0 Å². The Labute approximate surface area is 176 Å². The molecule has 0 radical (unpaired) electrons. The topological polar surface area (TPSA) is 122 Å². The molecule has 0 saturated heterocycles. The van der Waals surface area contributed by atoms with E-state index < -0.39 is 15.6 Å². The molecule has 0 saturated carbocycles. The van der Waals surface area contributed by atoms with Gasteiger partial charge in [0, 0.05) is 0 Å². The molecule has 0 aromatic heterocycles. The molecule has 7 nitrogen and oxygen atoms in total. The first-order chi connectivity index (χ1) is 13.3. The summed E-state index contributed by atoms with van der Waals surface area (Å²) in [5.41, 5.74) is 2.32. The molecule has 172 valence electrons. The highest BCUT2D eigenvalue weighted by atomic mass is 31.3. The van der Waals surface area contributed by atoms with E-state index in [-0.39, 0.29) is 6.61 Å². The summed E-state index contributed by atoms with van der Waals surface area (Å²) in [5.74, 6) is 1.39. The molecular formula is C20H37O7P2-3. The van der Waals surface area contributed by atoms with Gasteiger partial charge in [-0.3, -0.25) is 8.88 Å². The Bertz CT molecular complexity index is 606. The lowest BCUT2D eigenvalue weighted by atomic mass is 9.92. The van der Waals surface area contributed by atoms with Crippen molar-refractivity contribution in [2.45, 2.75) is 86.0 Å². The van der Waals surface area contributed by atoms with Crippen LogP contribution in [0.1, 0.15) is 86.0 Å². The summed E-state index contributed by atoms with van der Waals surface area (Å²) < 4.78 is 29.2. The van der Waals surface area contributed by atoms with Crippen molar-refractivity contribution >= 4 is 15.6 Å². The number of allylic oxidation sites excluding steroid dienone is 3. The molecule has 0 spiro atoms. The van der Waals surface area contributed by atoms with Gasteiger partial charge >= 0.3 is 0 Å². The molecule has 0 rings (SSSR count). The van der Waals surface area contributed by atoms with Crippen LogP contribution >= 0.6 is 15.6 Å². The second-order valence-corrected chi connectivity index (χ2v) is 10.9. The fourth-order valence-electron chi connectivity index (χ4n) is 3.01. The Hall–Kier alpha value is -0.260. The summed E-state index contributed by atoms with van der Waals surface area (Å²) in [6.45, 7) is 10.3. The van der Waals surface area contributed by atoms with Crippen LogP contribution in [0.25, 0.3) is 0 Å². The summed E-state index contributed by atoms with van der Waals surface area (Å²) in [6.07, 6.45) is 12.8. The van der Waals surface area contributed by atoms with Crippen LogP contribution in [0.3, 0.4) is 0 Å². The molecule has 3 atom stereocenters. The van der Waals surface area contributed by atoms with Crippen molar-refractivity contribution in [3.63, 3.8) is 0 Å². The summed E-state index contributed by atoms with van der Waals surface area (Å²) in [5, 5.41) is 0. The normalized spacial score (nSPS) is 16.9. The van der Waals surface area contributed by atoms with Gasteiger partial charge in [0.15, 0.2) is 0 Å². The minimum Gasteiger partial charge on any atom is -0.790 e. The monoisotopic (exact) mass is 451 g/mol. The molecule has 0 amide bonds. The molecule has 0 N–H and O–H groups in total. The van der Waals surface area contributed by atoms with Crippen LogP contribution in [0.5, 0.6) is 0 Å². The van der Waals surface area contributed by atoms with Crippen molar-refractivity contribution in [3.8, 4) is 0 Å². The summed E-state index contributed by atoms with van der Waals surface area (Å²) in [7, 11) is -10.8. The number of rotatable bonds is 16. The molecular weight excluding hydrogens is 414 g/mol. The van der Waals surface area contributed by atoms with Crippen LogP contribution in [-0.4, -0.2) is 6.61 Å². The molecule has 0 aromatic rings. The number of phosphoric acid groups is 2. The van der Waals surface area contributed by atoms with Crippen molar-refractivity contribution in [2.75, 3.05) is 6.61 Å². The van der Waals surface area contributed by atoms with E-state index in [0.29, 0.717) is 5.92 Å². The predicted octanol–water partition coefficient (Wildman–Crippen LogP) is 4.62. The smallest absolute Gasteiger partial charge is 0.272 e. The van der Waals surface area contributed by atoms with Crippen molar-refractivity contribution < 1.29 is 32.6 Å². The summed E-state index contributed by atoms with van der Waals surface area (Å²) in [6, 6.07) is 0. The van der Waals surface area contributed by atoms with Gasteiger partial charge in [0.2, 0.25) is 0 Å². The van der Waals surface area contributed by atoms with E-state index in [1.807, 2.05) is 6.92 Å². The van der Waals surface area contributed by atoms with Crippen molar-refractivity contribution in [3.05, 3.63) is 23.3 Å². The average molecular weight is 451 g/mol. The molecule has 0 aromatic carbocycles. The Kier molecular flexibility index (Phi) is 14.6. The standard InChI is InChI=1S/C20H40O7P2/c1-17(2)9-6-10-18(3)11-7-12-19(4)13-8-14-20(5)15-16-26-29(24,25)27-28(21,22)23/h9,15,18-19H,6-8,10-14,16H2,1-5H3,(H,24,25)(H2,21,22,23)/p-3/b20-15+/t18-,19-/m1/s1. The maximum absolute atomic E-state index is 11.1. The van der Waals surface area contributed by atoms with Crippen molar-refractivity contribution in [1.82, 2.24) is 0 Å². The highest BCUT2D eigenvalue weighted by Crippen LogP contribution is 2.50. The third kappa shape index (κ3) is 19.4. The van der Waals surface area contributed by atoms with E-state index >= 15 is 0 Å². The average Bonchev–Trinajstić information content (AvgIpc) is 2.51. The Morgan fingerprint density at radius 3 is 2.00 bits per heavy atom. The van der Waals surface area contributed by atoms with Gasteiger partial charge in [0.1, 0.15) is 0 Å². The predicted molar refractivity (Wildman–Crippen MR) is 111 cm³/mol. The van der Waals surface area contributed by atoms with Gasteiger partial charge in [-0.25, -0.2) is 0 Å². The van der Waals surface area contributed by atoms with Gasteiger partial charge in [-0.1, -0.05) is 62.8 Å². The summed E-state index contributed by atoms with van der Waals surface area (Å²) >= 11 is 0. The zero-order valence-electron chi connectivity index (χ0n) is 18.4. The zero-order valence-corrected chi connectivity index (χ0v) is 20.2. The van der Waals surface area contributed by atoms with E-state index in [1.54, 1.807) is 6.08 Å². The van der Waals surface area contributed by atoms with Crippen molar-refractivity contribution in [1.29, 1.82) is 0 Å². The number of hydrogen-bond donors (Lipinski definition) is 0. The first-order valence-corrected chi connectivity index (χ1v) is 13.2.